The Morgan fingerprint density at radius 3 is 2.43 bits per heavy atom. The average Bonchev–Trinajstić information content (AvgIpc) is 2.16. The molecule has 1 heteroatoms. The van der Waals surface area contributed by atoms with E-state index in [0.717, 1.165) is 12.8 Å². The van der Waals surface area contributed by atoms with Gasteiger partial charge in [0.2, 0.25) is 0 Å². The van der Waals surface area contributed by atoms with Crippen molar-refractivity contribution in [3.05, 3.63) is 34.9 Å². The van der Waals surface area contributed by atoms with Crippen LogP contribution in [0.4, 0.5) is 0 Å². The lowest BCUT2D eigenvalue weighted by atomic mass is 9.97. The van der Waals surface area contributed by atoms with Crippen molar-refractivity contribution in [2.24, 2.45) is 5.92 Å². The van der Waals surface area contributed by atoms with Crippen LogP contribution in [-0.2, 0) is 18.7 Å². The Balaban J connectivity index is 2.89. The largest absolute Gasteiger partial charge is 0.122 e. The zero-order chi connectivity index (χ0) is 10.6. The second kappa shape index (κ2) is 5.41. The predicted octanol–water partition coefficient (Wildman–Crippen LogP) is 4.19. The molecule has 0 amide bonds. The van der Waals surface area contributed by atoms with Crippen LogP contribution in [-0.4, -0.2) is 0 Å². The molecule has 0 aliphatic rings. The van der Waals surface area contributed by atoms with Gasteiger partial charge in [-0.25, -0.2) is 0 Å². The Hall–Kier alpha value is -0.490. The molecule has 0 fully saturated rings. The number of hydrogen-bond donors (Lipinski definition) is 0. The predicted molar refractivity (Wildman–Crippen MR) is 63.9 cm³/mol. The van der Waals surface area contributed by atoms with Gasteiger partial charge in [0.05, 0.1) is 0 Å². The molecule has 0 bridgehead atoms. The van der Waals surface area contributed by atoms with Crippen LogP contribution in [0, 0.1) is 5.92 Å². The first-order valence-electron chi connectivity index (χ1n) is 5.34. The summed E-state index contributed by atoms with van der Waals surface area (Å²) >= 11 is 5.92. The highest BCUT2D eigenvalue weighted by atomic mass is 35.5. The van der Waals surface area contributed by atoms with Crippen molar-refractivity contribution in [2.75, 3.05) is 0 Å². The SMILES string of the molecule is CCc1ccc(CC(C)C)cc1CCl. The maximum absolute atomic E-state index is 5.92. The van der Waals surface area contributed by atoms with Crippen LogP contribution in [0.1, 0.15) is 37.5 Å². The summed E-state index contributed by atoms with van der Waals surface area (Å²) in [6, 6.07) is 6.70. The standard InChI is InChI=1S/C13H19Cl/c1-4-12-6-5-11(7-10(2)3)8-13(12)9-14/h5-6,8,10H,4,7,9H2,1-3H3. The Morgan fingerprint density at radius 2 is 1.93 bits per heavy atom. The van der Waals surface area contributed by atoms with Crippen LogP contribution in [0.3, 0.4) is 0 Å². The van der Waals surface area contributed by atoms with E-state index < -0.39 is 0 Å². The fourth-order valence-electron chi connectivity index (χ4n) is 1.75. The number of hydrogen-bond acceptors (Lipinski definition) is 0. The molecule has 0 unspecified atom stereocenters. The van der Waals surface area contributed by atoms with Gasteiger partial charge in [-0.05, 0) is 35.4 Å². The summed E-state index contributed by atoms with van der Waals surface area (Å²) in [4.78, 5) is 0. The molecule has 0 aromatic heterocycles. The van der Waals surface area contributed by atoms with E-state index in [9.17, 15) is 0 Å². The molecular formula is C13H19Cl. The Bertz CT molecular complexity index is 289. The molecule has 0 heterocycles. The van der Waals surface area contributed by atoms with Crippen molar-refractivity contribution in [1.29, 1.82) is 0 Å². The van der Waals surface area contributed by atoms with Gasteiger partial charge in [0.15, 0.2) is 0 Å². The van der Waals surface area contributed by atoms with Crippen LogP contribution in [0.5, 0.6) is 0 Å². The lowest BCUT2D eigenvalue weighted by Crippen LogP contribution is -1.97. The molecular weight excluding hydrogens is 192 g/mol. The monoisotopic (exact) mass is 210 g/mol. The van der Waals surface area contributed by atoms with Crippen LogP contribution >= 0.6 is 11.6 Å². The van der Waals surface area contributed by atoms with Gasteiger partial charge in [-0.3, -0.25) is 0 Å². The number of aryl methyl sites for hydroxylation is 1. The third-order valence-corrected chi connectivity index (χ3v) is 2.73. The highest BCUT2D eigenvalue weighted by Crippen LogP contribution is 2.17. The van der Waals surface area contributed by atoms with Gasteiger partial charge in [0.1, 0.15) is 0 Å². The van der Waals surface area contributed by atoms with E-state index in [2.05, 4.69) is 39.0 Å². The molecule has 1 aromatic rings. The molecule has 0 spiro atoms. The molecule has 1 rings (SSSR count). The van der Waals surface area contributed by atoms with E-state index in [0.29, 0.717) is 11.8 Å². The minimum Gasteiger partial charge on any atom is -0.122 e. The van der Waals surface area contributed by atoms with Crippen molar-refractivity contribution >= 4 is 11.6 Å². The summed E-state index contributed by atoms with van der Waals surface area (Å²) in [6.45, 7) is 6.66. The zero-order valence-corrected chi connectivity index (χ0v) is 10.1. The van der Waals surface area contributed by atoms with E-state index in [-0.39, 0.29) is 0 Å². The number of halogens is 1. The lowest BCUT2D eigenvalue weighted by Gasteiger charge is -2.09. The minimum absolute atomic E-state index is 0.634. The Kier molecular flexibility index (Phi) is 4.47. The smallest absolute Gasteiger partial charge is 0.0476 e. The summed E-state index contributed by atoms with van der Waals surface area (Å²) in [7, 11) is 0. The fourth-order valence-corrected chi connectivity index (χ4v) is 2.00. The van der Waals surface area contributed by atoms with Crippen LogP contribution in [0.25, 0.3) is 0 Å². The highest BCUT2D eigenvalue weighted by Gasteiger charge is 2.03. The van der Waals surface area contributed by atoms with Gasteiger partial charge < -0.3 is 0 Å². The second-order valence-electron chi connectivity index (χ2n) is 4.19. The van der Waals surface area contributed by atoms with E-state index in [1.54, 1.807) is 0 Å². The average molecular weight is 211 g/mol. The second-order valence-corrected chi connectivity index (χ2v) is 4.46. The first-order valence-corrected chi connectivity index (χ1v) is 5.87. The van der Waals surface area contributed by atoms with Crippen molar-refractivity contribution < 1.29 is 0 Å². The lowest BCUT2D eigenvalue weighted by molar-refractivity contribution is 0.646. The molecule has 14 heavy (non-hydrogen) atoms. The quantitative estimate of drug-likeness (QED) is 0.654. The molecule has 0 radical (unpaired) electrons. The summed E-state index contributed by atoms with van der Waals surface area (Å²) in [5.41, 5.74) is 4.09. The molecule has 0 aliphatic heterocycles. The van der Waals surface area contributed by atoms with Crippen molar-refractivity contribution in [3.63, 3.8) is 0 Å². The maximum atomic E-state index is 5.92. The van der Waals surface area contributed by atoms with Crippen LogP contribution in [0.2, 0.25) is 0 Å². The van der Waals surface area contributed by atoms with Gasteiger partial charge in [-0.1, -0.05) is 39.0 Å². The normalized spacial score (nSPS) is 10.9. The first kappa shape index (κ1) is 11.6. The van der Waals surface area contributed by atoms with Gasteiger partial charge in [0.25, 0.3) is 0 Å². The van der Waals surface area contributed by atoms with Gasteiger partial charge in [-0.2, -0.15) is 0 Å². The molecule has 1 aromatic carbocycles. The molecule has 0 saturated heterocycles. The molecule has 0 saturated carbocycles. The molecule has 0 nitrogen and oxygen atoms in total. The molecule has 0 N–H and O–H groups in total. The van der Waals surface area contributed by atoms with E-state index in [1.165, 1.54) is 16.7 Å². The summed E-state index contributed by atoms with van der Waals surface area (Å²) < 4.78 is 0. The first-order chi connectivity index (χ1) is 6.67. The molecule has 78 valence electrons. The van der Waals surface area contributed by atoms with Gasteiger partial charge in [0, 0.05) is 5.88 Å². The van der Waals surface area contributed by atoms with Crippen molar-refractivity contribution in [2.45, 2.75) is 39.5 Å². The summed E-state index contributed by atoms with van der Waals surface area (Å²) in [5.74, 6) is 1.35. The van der Waals surface area contributed by atoms with E-state index >= 15 is 0 Å². The van der Waals surface area contributed by atoms with Crippen LogP contribution in [0.15, 0.2) is 18.2 Å². The van der Waals surface area contributed by atoms with E-state index in [1.807, 2.05) is 0 Å². The minimum atomic E-state index is 0.634. The summed E-state index contributed by atoms with van der Waals surface area (Å²) in [6.07, 6.45) is 2.22. The number of benzene rings is 1. The van der Waals surface area contributed by atoms with Gasteiger partial charge >= 0.3 is 0 Å². The number of alkyl halides is 1. The third kappa shape index (κ3) is 3.02. The van der Waals surface area contributed by atoms with Crippen molar-refractivity contribution in [1.82, 2.24) is 0 Å². The Morgan fingerprint density at radius 1 is 1.21 bits per heavy atom. The summed E-state index contributed by atoms with van der Waals surface area (Å²) in [5, 5.41) is 0. The topological polar surface area (TPSA) is 0 Å². The maximum Gasteiger partial charge on any atom is 0.0476 e. The zero-order valence-electron chi connectivity index (χ0n) is 9.31. The molecule has 0 atom stereocenters. The Labute approximate surface area is 92.3 Å². The fraction of sp³-hybridized carbons (Fsp3) is 0.538. The van der Waals surface area contributed by atoms with Gasteiger partial charge in [-0.15, -0.1) is 11.6 Å². The van der Waals surface area contributed by atoms with Crippen LogP contribution < -0.4 is 0 Å². The highest BCUT2D eigenvalue weighted by molar-refractivity contribution is 6.17. The number of rotatable bonds is 4. The third-order valence-electron chi connectivity index (χ3n) is 2.44. The van der Waals surface area contributed by atoms with Crippen molar-refractivity contribution in [3.8, 4) is 0 Å². The van der Waals surface area contributed by atoms with E-state index in [4.69, 9.17) is 11.6 Å². The molecule has 0 aliphatic carbocycles.